The molecule has 0 unspecified atom stereocenters. The highest BCUT2D eigenvalue weighted by molar-refractivity contribution is 6.42. The van der Waals surface area contributed by atoms with E-state index in [0.29, 0.717) is 49.8 Å². The predicted molar refractivity (Wildman–Crippen MR) is 132 cm³/mol. The van der Waals surface area contributed by atoms with Gasteiger partial charge in [-0.25, -0.2) is 4.98 Å². The van der Waals surface area contributed by atoms with Gasteiger partial charge < -0.3 is 8.83 Å². The summed E-state index contributed by atoms with van der Waals surface area (Å²) in [4.78, 5) is 19.7. The molecule has 0 aliphatic carbocycles. The number of nitro benzene ring substituents is 1. The molecule has 2 aromatic heterocycles. The standard InChI is InChI=1S/C25H15Cl2N3O4/c1-14-2-5-17(30(31)32)12-19(14)23-9-6-18(33-23)13-28-16-4-8-24-22(11-16)29-25(34-24)15-3-7-20(26)21(27)10-15/h2-13H,1H3. The highest BCUT2D eigenvalue weighted by Crippen LogP contribution is 2.32. The van der Waals surface area contributed by atoms with Gasteiger partial charge in [-0.3, -0.25) is 15.1 Å². The third-order valence-electron chi connectivity index (χ3n) is 5.20. The molecule has 0 amide bonds. The Bertz CT molecular complexity index is 1590. The Balaban J connectivity index is 1.40. The number of rotatable bonds is 5. The zero-order valence-electron chi connectivity index (χ0n) is 17.7. The number of hydrogen-bond donors (Lipinski definition) is 0. The van der Waals surface area contributed by atoms with Crippen molar-refractivity contribution in [2.24, 2.45) is 4.99 Å². The summed E-state index contributed by atoms with van der Waals surface area (Å²) < 4.78 is 11.7. The zero-order chi connectivity index (χ0) is 23.8. The Morgan fingerprint density at radius 2 is 1.82 bits per heavy atom. The second kappa shape index (κ2) is 8.78. The van der Waals surface area contributed by atoms with Crippen LogP contribution in [0.25, 0.3) is 33.9 Å². The number of fused-ring (bicyclic) bond motifs is 1. The summed E-state index contributed by atoms with van der Waals surface area (Å²) in [5, 5.41) is 12.0. The zero-order valence-corrected chi connectivity index (χ0v) is 19.2. The van der Waals surface area contributed by atoms with Crippen LogP contribution in [0.1, 0.15) is 11.3 Å². The molecule has 5 rings (SSSR count). The predicted octanol–water partition coefficient (Wildman–Crippen LogP) is 8.03. The quantitative estimate of drug-likeness (QED) is 0.141. The van der Waals surface area contributed by atoms with Crippen LogP contribution in [-0.2, 0) is 0 Å². The maximum atomic E-state index is 11.1. The topological polar surface area (TPSA) is 94.7 Å². The number of benzene rings is 3. The summed E-state index contributed by atoms with van der Waals surface area (Å²) in [7, 11) is 0. The average Bonchev–Trinajstić information content (AvgIpc) is 3.46. The van der Waals surface area contributed by atoms with Crippen molar-refractivity contribution in [2.75, 3.05) is 0 Å². The van der Waals surface area contributed by atoms with E-state index in [1.807, 2.05) is 6.92 Å². The van der Waals surface area contributed by atoms with Crippen LogP contribution in [0.5, 0.6) is 0 Å². The molecule has 7 nitrogen and oxygen atoms in total. The highest BCUT2D eigenvalue weighted by Gasteiger charge is 2.13. The summed E-state index contributed by atoms with van der Waals surface area (Å²) >= 11 is 12.1. The lowest BCUT2D eigenvalue weighted by Crippen LogP contribution is -1.90. The summed E-state index contributed by atoms with van der Waals surface area (Å²) in [6.07, 6.45) is 1.58. The van der Waals surface area contributed by atoms with E-state index < -0.39 is 4.92 Å². The molecule has 9 heteroatoms. The van der Waals surface area contributed by atoms with Gasteiger partial charge in [-0.1, -0.05) is 29.3 Å². The van der Waals surface area contributed by atoms with Crippen molar-refractivity contribution >= 4 is 51.9 Å². The van der Waals surface area contributed by atoms with Crippen LogP contribution in [0.15, 0.2) is 80.6 Å². The van der Waals surface area contributed by atoms with E-state index in [1.165, 1.54) is 12.1 Å². The molecule has 0 radical (unpaired) electrons. The van der Waals surface area contributed by atoms with Gasteiger partial charge in [0.2, 0.25) is 5.89 Å². The number of aromatic nitrogens is 1. The normalized spacial score (nSPS) is 11.5. The number of non-ortho nitro benzene ring substituents is 1. The molecule has 0 fully saturated rings. The molecule has 34 heavy (non-hydrogen) atoms. The third kappa shape index (κ3) is 4.31. The molecule has 168 valence electrons. The van der Waals surface area contributed by atoms with Gasteiger partial charge in [0.15, 0.2) is 5.58 Å². The highest BCUT2D eigenvalue weighted by atomic mass is 35.5. The van der Waals surface area contributed by atoms with Crippen LogP contribution < -0.4 is 0 Å². The molecular formula is C25H15Cl2N3O4. The van der Waals surface area contributed by atoms with E-state index in [9.17, 15) is 10.1 Å². The van der Waals surface area contributed by atoms with Gasteiger partial charge in [0.25, 0.3) is 5.69 Å². The van der Waals surface area contributed by atoms with Crippen LogP contribution in [0.2, 0.25) is 10.0 Å². The molecule has 0 aliphatic rings. The van der Waals surface area contributed by atoms with Crippen molar-refractivity contribution in [1.82, 2.24) is 4.98 Å². The maximum absolute atomic E-state index is 11.1. The Morgan fingerprint density at radius 3 is 2.62 bits per heavy atom. The van der Waals surface area contributed by atoms with Crippen LogP contribution in [0, 0.1) is 17.0 Å². The van der Waals surface area contributed by atoms with Crippen molar-refractivity contribution in [3.05, 3.63) is 98.2 Å². The number of furan rings is 1. The van der Waals surface area contributed by atoms with Gasteiger partial charge >= 0.3 is 0 Å². The molecule has 0 atom stereocenters. The first-order valence-corrected chi connectivity index (χ1v) is 10.9. The second-order valence-corrected chi connectivity index (χ2v) is 8.33. The lowest BCUT2D eigenvalue weighted by atomic mass is 10.1. The minimum absolute atomic E-state index is 0.00775. The number of nitrogens with zero attached hydrogens (tertiary/aromatic N) is 3. The van der Waals surface area contributed by atoms with E-state index in [2.05, 4.69) is 9.98 Å². The van der Waals surface area contributed by atoms with Crippen LogP contribution in [0.4, 0.5) is 11.4 Å². The molecule has 2 heterocycles. The van der Waals surface area contributed by atoms with E-state index in [-0.39, 0.29) is 5.69 Å². The third-order valence-corrected chi connectivity index (χ3v) is 5.94. The van der Waals surface area contributed by atoms with Crippen molar-refractivity contribution in [2.45, 2.75) is 6.92 Å². The van der Waals surface area contributed by atoms with Gasteiger partial charge in [0.05, 0.1) is 26.9 Å². The number of aryl methyl sites for hydroxylation is 1. The fourth-order valence-electron chi connectivity index (χ4n) is 3.44. The molecule has 0 bridgehead atoms. The molecule has 0 N–H and O–H groups in total. The molecule has 0 aliphatic heterocycles. The molecule has 0 saturated heterocycles. The van der Waals surface area contributed by atoms with Gasteiger partial charge in [0, 0.05) is 23.3 Å². The Hall–Kier alpha value is -3.94. The summed E-state index contributed by atoms with van der Waals surface area (Å²) in [6.45, 7) is 1.87. The smallest absolute Gasteiger partial charge is 0.270 e. The molecular weight excluding hydrogens is 477 g/mol. The van der Waals surface area contributed by atoms with Crippen molar-refractivity contribution in [3.8, 4) is 22.8 Å². The first-order valence-electron chi connectivity index (χ1n) is 10.1. The molecule has 0 saturated carbocycles. The number of aliphatic imine (C=N–C) groups is 1. The Morgan fingerprint density at radius 1 is 0.971 bits per heavy atom. The lowest BCUT2D eigenvalue weighted by molar-refractivity contribution is -0.384. The van der Waals surface area contributed by atoms with Crippen LogP contribution in [0.3, 0.4) is 0 Å². The van der Waals surface area contributed by atoms with Crippen molar-refractivity contribution in [3.63, 3.8) is 0 Å². The van der Waals surface area contributed by atoms with E-state index in [1.54, 1.807) is 60.8 Å². The molecule has 3 aromatic carbocycles. The van der Waals surface area contributed by atoms with Gasteiger partial charge in [-0.15, -0.1) is 0 Å². The summed E-state index contributed by atoms with van der Waals surface area (Å²) in [5.41, 5.74) is 4.17. The van der Waals surface area contributed by atoms with E-state index >= 15 is 0 Å². The van der Waals surface area contributed by atoms with Crippen LogP contribution >= 0.6 is 23.2 Å². The van der Waals surface area contributed by atoms with Crippen molar-refractivity contribution < 1.29 is 13.8 Å². The minimum atomic E-state index is -0.429. The number of hydrogen-bond acceptors (Lipinski definition) is 6. The first-order chi connectivity index (χ1) is 16.4. The lowest BCUT2D eigenvalue weighted by Gasteiger charge is -2.02. The van der Waals surface area contributed by atoms with Gasteiger partial charge in [-0.05, 0) is 61.0 Å². The number of halogens is 2. The Labute approximate surface area is 203 Å². The SMILES string of the molecule is Cc1ccc([N+](=O)[O-])cc1-c1ccc(C=Nc2ccc3oc(-c4ccc(Cl)c(Cl)c4)nc3c2)o1. The fraction of sp³-hybridized carbons (Fsp3) is 0.0400. The number of oxazole rings is 1. The number of nitro groups is 1. The summed E-state index contributed by atoms with van der Waals surface area (Å²) in [6, 6.07) is 18.8. The van der Waals surface area contributed by atoms with Gasteiger partial charge in [-0.2, -0.15) is 0 Å². The first kappa shape index (κ1) is 21.9. The monoisotopic (exact) mass is 491 g/mol. The fourth-order valence-corrected chi connectivity index (χ4v) is 3.74. The molecule has 5 aromatic rings. The molecule has 0 spiro atoms. The Kier molecular flexibility index (Phi) is 5.65. The maximum Gasteiger partial charge on any atom is 0.270 e. The average molecular weight is 492 g/mol. The van der Waals surface area contributed by atoms with E-state index in [0.717, 1.165) is 11.1 Å². The van der Waals surface area contributed by atoms with Gasteiger partial charge in [0.1, 0.15) is 17.0 Å². The minimum Gasteiger partial charge on any atom is -0.455 e. The van der Waals surface area contributed by atoms with Crippen LogP contribution in [-0.4, -0.2) is 16.1 Å². The van der Waals surface area contributed by atoms with E-state index in [4.69, 9.17) is 32.0 Å². The largest absolute Gasteiger partial charge is 0.455 e. The second-order valence-electron chi connectivity index (χ2n) is 7.52. The van der Waals surface area contributed by atoms with Crippen molar-refractivity contribution in [1.29, 1.82) is 0 Å². The summed E-state index contributed by atoms with van der Waals surface area (Å²) in [5.74, 6) is 1.47.